The Balaban J connectivity index is 1.24. The molecule has 9 aromatic carbocycles. The van der Waals surface area contributed by atoms with Crippen molar-refractivity contribution in [3.05, 3.63) is 212 Å². The second-order valence-electron chi connectivity index (χ2n) is 13.7. The van der Waals surface area contributed by atoms with E-state index >= 15 is 0 Å². The van der Waals surface area contributed by atoms with Gasteiger partial charge in [-0.2, -0.15) is 0 Å². The molecular weight excluding hydrogens is 655 g/mol. The summed E-state index contributed by atoms with van der Waals surface area (Å²) in [4.78, 5) is 2.39. The zero-order valence-corrected chi connectivity index (χ0v) is 29.6. The van der Waals surface area contributed by atoms with E-state index < -0.39 is 0 Å². The Morgan fingerprint density at radius 1 is 0.315 bits per heavy atom. The molecule has 0 spiro atoms. The maximum atomic E-state index is 6.76. The number of fused-ring (bicyclic) bond motifs is 4. The van der Waals surface area contributed by atoms with Gasteiger partial charge in [0.25, 0.3) is 0 Å². The van der Waals surface area contributed by atoms with Crippen molar-refractivity contribution in [1.82, 2.24) is 0 Å². The Kier molecular flexibility index (Phi) is 7.85. The molecule has 10 rings (SSSR count). The summed E-state index contributed by atoms with van der Waals surface area (Å²) in [6.45, 7) is 0. The number of benzene rings is 9. The Bertz CT molecular complexity index is 2880. The van der Waals surface area contributed by atoms with Crippen LogP contribution in [0.15, 0.2) is 217 Å². The molecule has 1 heterocycles. The van der Waals surface area contributed by atoms with Crippen LogP contribution in [0.1, 0.15) is 0 Å². The first-order valence-electron chi connectivity index (χ1n) is 18.4. The highest BCUT2D eigenvalue weighted by molar-refractivity contribution is 6.11. The fraction of sp³-hybridized carbons (Fsp3) is 0. The average molecular weight is 690 g/mol. The maximum Gasteiger partial charge on any atom is 0.159 e. The highest BCUT2D eigenvalue weighted by Crippen LogP contribution is 2.47. The summed E-state index contributed by atoms with van der Waals surface area (Å²) in [5, 5.41) is 4.67. The van der Waals surface area contributed by atoms with Gasteiger partial charge in [-0.05, 0) is 92.2 Å². The van der Waals surface area contributed by atoms with Crippen molar-refractivity contribution in [1.29, 1.82) is 0 Å². The quantitative estimate of drug-likeness (QED) is 0.166. The van der Waals surface area contributed by atoms with Crippen LogP contribution in [-0.2, 0) is 0 Å². The lowest BCUT2D eigenvalue weighted by Gasteiger charge is -2.29. The van der Waals surface area contributed by atoms with Crippen molar-refractivity contribution in [3.63, 3.8) is 0 Å². The molecule has 0 aliphatic heterocycles. The molecule has 0 atom stereocenters. The third-order valence-electron chi connectivity index (χ3n) is 10.4. The van der Waals surface area contributed by atoms with Gasteiger partial charge in [-0.1, -0.05) is 170 Å². The molecule has 0 amide bonds. The Morgan fingerprint density at radius 2 is 0.815 bits per heavy atom. The number of hydrogen-bond donors (Lipinski definition) is 0. The van der Waals surface area contributed by atoms with Gasteiger partial charge in [0.15, 0.2) is 5.58 Å². The van der Waals surface area contributed by atoms with Gasteiger partial charge in [-0.25, -0.2) is 0 Å². The van der Waals surface area contributed by atoms with Crippen LogP contribution in [0.3, 0.4) is 0 Å². The van der Waals surface area contributed by atoms with Gasteiger partial charge in [0.05, 0.1) is 11.4 Å². The molecule has 1 aromatic heterocycles. The van der Waals surface area contributed by atoms with Gasteiger partial charge < -0.3 is 9.32 Å². The second kappa shape index (κ2) is 13.4. The number of hydrogen-bond acceptors (Lipinski definition) is 2. The van der Waals surface area contributed by atoms with Crippen molar-refractivity contribution in [2.45, 2.75) is 0 Å². The zero-order chi connectivity index (χ0) is 35.8. The summed E-state index contributed by atoms with van der Waals surface area (Å²) in [5.74, 6) is 0. The number of rotatable bonds is 7. The highest BCUT2D eigenvalue weighted by atomic mass is 16.3. The first kappa shape index (κ1) is 31.6. The van der Waals surface area contributed by atoms with Crippen molar-refractivity contribution in [2.75, 3.05) is 4.90 Å². The van der Waals surface area contributed by atoms with E-state index in [1.165, 1.54) is 21.9 Å². The molecule has 0 aliphatic rings. The second-order valence-corrected chi connectivity index (χ2v) is 13.7. The summed E-state index contributed by atoms with van der Waals surface area (Å²) >= 11 is 0. The standard InChI is InChI=1S/C52H35NO/c1-3-16-36(17-4-1)41-33-42(37-18-5-2-6-19-37)35-43(34-41)53(50-30-15-28-48-47-26-10-12-31-51(47)54-52(48)50)49-29-11-9-25-46(49)40-23-13-22-39(32-40)45-27-14-21-38-20-7-8-24-44(38)45/h1-35H. The van der Waals surface area contributed by atoms with Gasteiger partial charge >= 0.3 is 0 Å². The molecule has 0 saturated carbocycles. The largest absolute Gasteiger partial charge is 0.454 e. The van der Waals surface area contributed by atoms with Gasteiger partial charge in [-0.15, -0.1) is 0 Å². The van der Waals surface area contributed by atoms with Crippen molar-refractivity contribution in [3.8, 4) is 44.5 Å². The van der Waals surface area contributed by atoms with E-state index in [1.54, 1.807) is 0 Å². The molecule has 2 nitrogen and oxygen atoms in total. The van der Waals surface area contributed by atoms with Crippen LogP contribution in [0.25, 0.3) is 77.2 Å². The molecule has 0 N–H and O–H groups in total. The van der Waals surface area contributed by atoms with Crippen LogP contribution in [0, 0.1) is 0 Å². The lowest BCUT2D eigenvalue weighted by molar-refractivity contribution is 0.669. The smallest absolute Gasteiger partial charge is 0.159 e. The summed E-state index contributed by atoms with van der Waals surface area (Å²) < 4.78 is 6.76. The van der Waals surface area contributed by atoms with Crippen LogP contribution >= 0.6 is 0 Å². The predicted molar refractivity (Wildman–Crippen MR) is 228 cm³/mol. The van der Waals surface area contributed by atoms with Gasteiger partial charge in [0.2, 0.25) is 0 Å². The average Bonchev–Trinajstić information content (AvgIpc) is 3.64. The third kappa shape index (κ3) is 5.62. The van der Waals surface area contributed by atoms with E-state index in [-0.39, 0.29) is 0 Å². The minimum Gasteiger partial charge on any atom is -0.454 e. The molecule has 0 aliphatic carbocycles. The highest BCUT2D eigenvalue weighted by Gasteiger charge is 2.23. The molecular formula is C52H35NO. The first-order valence-corrected chi connectivity index (χ1v) is 18.4. The van der Waals surface area contributed by atoms with E-state index in [4.69, 9.17) is 4.42 Å². The van der Waals surface area contributed by atoms with Crippen LogP contribution in [0.5, 0.6) is 0 Å². The van der Waals surface area contributed by atoms with E-state index in [9.17, 15) is 0 Å². The summed E-state index contributed by atoms with van der Waals surface area (Å²) in [7, 11) is 0. The van der Waals surface area contributed by atoms with Crippen LogP contribution in [0.4, 0.5) is 17.1 Å². The monoisotopic (exact) mass is 689 g/mol. The Morgan fingerprint density at radius 3 is 1.59 bits per heavy atom. The molecule has 10 aromatic rings. The minimum absolute atomic E-state index is 0.851. The van der Waals surface area contributed by atoms with E-state index in [2.05, 4.69) is 211 Å². The van der Waals surface area contributed by atoms with Crippen LogP contribution < -0.4 is 4.90 Å². The summed E-state index contributed by atoms with van der Waals surface area (Å²) in [5.41, 5.74) is 14.1. The Labute approximate surface area is 314 Å². The summed E-state index contributed by atoms with van der Waals surface area (Å²) in [6.07, 6.45) is 0. The summed E-state index contributed by atoms with van der Waals surface area (Å²) in [6, 6.07) is 75.9. The molecule has 0 radical (unpaired) electrons. The predicted octanol–water partition coefficient (Wildman–Crippen LogP) is 14.9. The molecule has 0 unspecified atom stereocenters. The zero-order valence-electron chi connectivity index (χ0n) is 29.6. The van der Waals surface area contributed by atoms with Crippen molar-refractivity contribution >= 4 is 49.8 Å². The molecule has 54 heavy (non-hydrogen) atoms. The van der Waals surface area contributed by atoms with Crippen LogP contribution in [-0.4, -0.2) is 0 Å². The molecule has 254 valence electrons. The van der Waals surface area contributed by atoms with Gasteiger partial charge in [-0.3, -0.25) is 0 Å². The molecule has 0 fully saturated rings. The number of para-hydroxylation sites is 3. The van der Waals surface area contributed by atoms with E-state index in [0.717, 1.165) is 72.4 Å². The Hall–Kier alpha value is -7.16. The molecule has 2 heteroatoms. The molecule has 0 saturated heterocycles. The first-order chi connectivity index (χ1) is 26.8. The normalized spacial score (nSPS) is 11.3. The van der Waals surface area contributed by atoms with E-state index in [1.807, 2.05) is 6.07 Å². The topological polar surface area (TPSA) is 16.4 Å². The third-order valence-corrected chi connectivity index (χ3v) is 10.4. The van der Waals surface area contributed by atoms with Crippen LogP contribution in [0.2, 0.25) is 0 Å². The lowest BCUT2D eigenvalue weighted by atomic mass is 9.94. The van der Waals surface area contributed by atoms with Crippen molar-refractivity contribution in [2.24, 2.45) is 0 Å². The molecule has 0 bridgehead atoms. The minimum atomic E-state index is 0.851. The number of furan rings is 1. The lowest BCUT2D eigenvalue weighted by Crippen LogP contribution is -2.12. The fourth-order valence-electron chi connectivity index (χ4n) is 7.90. The van der Waals surface area contributed by atoms with Gasteiger partial charge in [0.1, 0.15) is 5.58 Å². The number of anilines is 3. The SMILES string of the molecule is c1ccc(-c2cc(-c3ccccc3)cc(N(c3ccccc3-c3cccc(-c4cccc5ccccc45)c3)c3cccc4c3oc3ccccc34)c2)cc1. The van der Waals surface area contributed by atoms with Crippen molar-refractivity contribution < 1.29 is 4.42 Å². The van der Waals surface area contributed by atoms with E-state index in [0.29, 0.717) is 0 Å². The van der Waals surface area contributed by atoms with Gasteiger partial charge in [0, 0.05) is 22.0 Å². The fourth-order valence-corrected chi connectivity index (χ4v) is 7.90. The maximum absolute atomic E-state index is 6.76. The number of nitrogens with zero attached hydrogens (tertiary/aromatic N) is 1.